The van der Waals surface area contributed by atoms with Crippen molar-refractivity contribution in [1.82, 2.24) is 5.32 Å². The van der Waals surface area contributed by atoms with Crippen molar-refractivity contribution in [2.24, 2.45) is 0 Å². The number of nitrogens with one attached hydrogen (secondary N) is 2. The molecule has 3 aromatic carbocycles. The van der Waals surface area contributed by atoms with Crippen LogP contribution in [0, 0.1) is 0 Å². The van der Waals surface area contributed by atoms with Crippen LogP contribution >= 0.6 is 20.4 Å². The number of para-hydroxylation sites is 2. The first-order chi connectivity index (χ1) is 18.0. The number of halogens is 6. The zero-order valence-corrected chi connectivity index (χ0v) is 21.8. The van der Waals surface area contributed by atoms with E-state index < -0.39 is 31.7 Å². The number of alkyl halides is 6. The summed E-state index contributed by atoms with van der Waals surface area (Å²) in [6.07, 6.45) is -8.34. The summed E-state index contributed by atoms with van der Waals surface area (Å²) in [6.45, 7) is 2.14. The molecular formula is C26H25F6N4PS. The number of hydrogen-bond acceptors (Lipinski definition) is 3. The molecule has 1 aliphatic rings. The second kappa shape index (κ2) is 11.8. The largest absolute Gasteiger partial charge is 0.416 e. The molecule has 0 aliphatic carbocycles. The van der Waals surface area contributed by atoms with Crippen molar-refractivity contribution < 1.29 is 26.3 Å². The predicted octanol–water partition coefficient (Wildman–Crippen LogP) is 7.74. The third-order valence-electron chi connectivity index (χ3n) is 5.86. The van der Waals surface area contributed by atoms with E-state index in [0.29, 0.717) is 25.1 Å². The summed E-state index contributed by atoms with van der Waals surface area (Å²) < 4.78 is 83.6. The summed E-state index contributed by atoms with van der Waals surface area (Å²) in [5.41, 5.74) is -0.915. The first kappa shape index (κ1) is 28.0. The number of nitrogens with zero attached hydrogens (tertiary/aromatic N) is 2. The predicted molar refractivity (Wildman–Crippen MR) is 145 cm³/mol. The van der Waals surface area contributed by atoms with Crippen LogP contribution in [0.15, 0.2) is 78.9 Å². The standard InChI is InChI=1S/C26H25F6N4PS/c27-25(28,29)19-16-20(26(30,31)32)18-21(17-19)34-24(38)33-12-7-15-37-35(22-8-3-1-4-9-22)13-14-36(37)23-10-5-2-6-11-23/h1-6,8-11,16-18H,7,12-15H2,(H2,33,34,38). The lowest BCUT2D eigenvalue weighted by Gasteiger charge is -2.32. The third-order valence-corrected chi connectivity index (χ3v) is 8.79. The first-order valence-corrected chi connectivity index (χ1v) is 13.6. The van der Waals surface area contributed by atoms with E-state index in [0.717, 1.165) is 30.6 Å². The van der Waals surface area contributed by atoms with E-state index in [4.69, 9.17) is 12.2 Å². The molecule has 1 fully saturated rings. The molecule has 38 heavy (non-hydrogen) atoms. The molecule has 2 N–H and O–H groups in total. The van der Waals surface area contributed by atoms with E-state index in [1.807, 2.05) is 36.4 Å². The molecule has 0 atom stereocenters. The Morgan fingerprint density at radius 1 is 0.763 bits per heavy atom. The quantitative estimate of drug-likeness (QED) is 0.131. The molecule has 0 radical (unpaired) electrons. The van der Waals surface area contributed by atoms with Crippen molar-refractivity contribution in [1.29, 1.82) is 0 Å². The highest BCUT2D eigenvalue weighted by atomic mass is 32.1. The van der Waals surface area contributed by atoms with Gasteiger partial charge < -0.3 is 20.0 Å². The average Bonchev–Trinajstić information content (AvgIpc) is 3.30. The summed E-state index contributed by atoms with van der Waals surface area (Å²) >= 11 is 5.16. The van der Waals surface area contributed by atoms with Crippen molar-refractivity contribution in [3.63, 3.8) is 0 Å². The second-order valence-corrected chi connectivity index (χ2v) is 11.1. The summed E-state index contributed by atoms with van der Waals surface area (Å²) in [4.78, 5) is 0. The van der Waals surface area contributed by atoms with Crippen molar-refractivity contribution in [3.8, 4) is 0 Å². The zero-order chi connectivity index (χ0) is 27.3. The Hall–Kier alpha value is -3.04. The third kappa shape index (κ3) is 7.08. The van der Waals surface area contributed by atoms with E-state index in [1.54, 1.807) is 0 Å². The highest BCUT2D eigenvalue weighted by molar-refractivity contribution is 7.80. The molecule has 1 saturated heterocycles. The molecule has 0 spiro atoms. The van der Waals surface area contributed by atoms with Crippen molar-refractivity contribution >= 4 is 42.6 Å². The maximum absolute atomic E-state index is 13.1. The lowest BCUT2D eigenvalue weighted by atomic mass is 10.1. The van der Waals surface area contributed by atoms with Gasteiger partial charge in [-0.1, -0.05) is 36.4 Å². The molecule has 1 aliphatic heterocycles. The van der Waals surface area contributed by atoms with Crippen molar-refractivity contribution in [3.05, 3.63) is 90.0 Å². The Morgan fingerprint density at radius 3 is 1.68 bits per heavy atom. The Balaban J connectivity index is 1.39. The number of anilines is 3. The molecule has 0 unspecified atom stereocenters. The summed E-state index contributed by atoms with van der Waals surface area (Å²) in [5.74, 6) is 0. The van der Waals surface area contributed by atoms with E-state index in [9.17, 15) is 26.3 Å². The smallest absolute Gasteiger partial charge is 0.362 e. The van der Waals surface area contributed by atoms with Crippen LogP contribution in [0.25, 0.3) is 0 Å². The van der Waals surface area contributed by atoms with Gasteiger partial charge in [-0.15, -0.1) is 0 Å². The number of thiocarbonyl (C=S) groups is 1. The first-order valence-electron chi connectivity index (χ1n) is 11.8. The normalized spacial score (nSPS) is 14.6. The van der Waals surface area contributed by atoms with Crippen LogP contribution in [-0.4, -0.2) is 30.9 Å². The molecule has 4 rings (SSSR count). The van der Waals surface area contributed by atoms with Crippen LogP contribution < -0.4 is 20.0 Å². The van der Waals surface area contributed by atoms with Gasteiger partial charge in [0, 0.05) is 42.9 Å². The van der Waals surface area contributed by atoms with Crippen molar-refractivity contribution in [2.45, 2.75) is 18.8 Å². The Kier molecular flexibility index (Phi) is 8.67. The Bertz CT molecular complexity index is 1140. The maximum atomic E-state index is 13.1. The molecule has 0 amide bonds. The number of benzene rings is 3. The van der Waals surface area contributed by atoms with Gasteiger partial charge in [-0.2, -0.15) is 26.3 Å². The molecule has 4 nitrogen and oxygen atoms in total. The van der Waals surface area contributed by atoms with E-state index in [-0.39, 0.29) is 16.9 Å². The summed E-state index contributed by atoms with van der Waals surface area (Å²) in [7, 11) is -0.725. The molecule has 0 saturated carbocycles. The number of hydrogen-bond donors (Lipinski definition) is 2. The fourth-order valence-corrected chi connectivity index (χ4v) is 6.99. The van der Waals surface area contributed by atoms with Gasteiger partial charge in [-0.05, 0) is 61.1 Å². The topological polar surface area (TPSA) is 30.5 Å². The molecule has 12 heteroatoms. The molecular weight excluding hydrogens is 545 g/mol. The summed E-state index contributed by atoms with van der Waals surface area (Å²) in [6, 6.07) is 21.5. The minimum atomic E-state index is -4.93. The number of rotatable bonds is 7. The second-order valence-electron chi connectivity index (χ2n) is 8.54. The van der Waals surface area contributed by atoms with E-state index in [2.05, 4.69) is 44.2 Å². The van der Waals surface area contributed by atoms with Crippen LogP contribution in [0.1, 0.15) is 17.5 Å². The van der Waals surface area contributed by atoms with Crippen LogP contribution in [-0.2, 0) is 12.4 Å². The van der Waals surface area contributed by atoms with Gasteiger partial charge in [0.25, 0.3) is 0 Å². The molecule has 202 valence electrons. The average molecular weight is 571 g/mol. The lowest BCUT2D eigenvalue weighted by molar-refractivity contribution is -0.143. The maximum Gasteiger partial charge on any atom is 0.416 e. The van der Waals surface area contributed by atoms with Gasteiger partial charge in [0.15, 0.2) is 5.11 Å². The monoisotopic (exact) mass is 570 g/mol. The lowest BCUT2D eigenvalue weighted by Crippen LogP contribution is -2.30. The fourth-order valence-electron chi connectivity index (χ4n) is 4.14. The molecule has 0 aromatic heterocycles. The highest BCUT2D eigenvalue weighted by Crippen LogP contribution is 2.53. The Labute approximate surface area is 223 Å². The van der Waals surface area contributed by atoms with Gasteiger partial charge in [0.2, 0.25) is 0 Å². The van der Waals surface area contributed by atoms with Crippen LogP contribution in [0.2, 0.25) is 0 Å². The minimum Gasteiger partial charge on any atom is -0.362 e. The van der Waals surface area contributed by atoms with Gasteiger partial charge in [0.1, 0.15) is 0 Å². The zero-order valence-electron chi connectivity index (χ0n) is 20.1. The van der Waals surface area contributed by atoms with Crippen LogP contribution in [0.5, 0.6) is 0 Å². The van der Waals surface area contributed by atoms with E-state index >= 15 is 0 Å². The SMILES string of the molecule is FC(F)(F)c1cc(NC(=S)NCCCP2N(c3ccccc3)CCN2c2ccccc2)cc(C(F)(F)F)c1. The van der Waals surface area contributed by atoms with E-state index in [1.165, 1.54) is 0 Å². The molecule has 1 heterocycles. The van der Waals surface area contributed by atoms with Gasteiger partial charge in [0.05, 0.1) is 19.3 Å². The minimum absolute atomic E-state index is 0.0449. The fraction of sp³-hybridized carbons (Fsp3) is 0.269. The van der Waals surface area contributed by atoms with Gasteiger partial charge in [-0.25, -0.2) is 0 Å². The van der Waals surface area contributed by atoms with Gasteiger partial charge in [-0.3, -0.25) is 0 Å². The van der Waals surface area contributed by atoms with Crippen LogP contribution in [0.4, 0.5) is 43.4 Å². The van der Waals surface area contributed by atoms with Crippen LogP contribution in [0.3, 0.4) is 0 Å². The van der Waals surface area contributed by atoms with Gasteiger partial charge >= 0.3 is 12.4 Å². The molecule has 3 aromatic rings. The Morgan fingerprint density at radius 2 is 1.24 bits per heavy atom. The highest BCUT2D eigenvalue weighted by Gasteiger charge is 2.37. The molecule has 0 bridgehead atoms. The summed E-state index contributed by atoms with van der Waals surface area (Å²) in [5, 5.41) is 5.34. The van der Waals surface area contributed by atoms with Crippen molar-refractivity contribution in [2.75, 3.05) is 40.5 Å².